The average Bonchev–Trinajstić information content (AvgIpc) is 2.87. The third-order valence-electron chi connectivity index (χ3n) is 3.60. The normalized spacial score (nSPS) is 19.1. The van der Waals surface area contributed by atoms with Crippen molar-refractivity contribution in [3.05, 3.63) is 18.2 Å². The standard InChI is InChI=1S/C12H19F2N3/c1-12(4-2-3-5-12)9-15-8-10-16-6-7-17(10)11(13)14/h6-7,11,15H,2-5,8-9H2,1H3. The van der Waals surface area contributed by atoms with Gasteiger partial charge in [-0.1, -0.05) is 19.8 Å². The van der Waals surface area contributed by atoms with E-state index in [1.807, 2.05) is 0 Å². The van der Waals surface area contributed by atoms with Gasteiger partial charge in [0.15, 0.2) is 0 Å². The van der Waals surface area contributed by atoms with Crippen LogP contribution in [0.4, 0.5) is 8.78 Å². The molecule has 0 saturated heterocycles. The quantitative estimate of drug-likeness (QED) is 0.861. The zero-order chi connectivity index (χ0) is 12.3. The largest absolute Gasteiger partial charge is 0.319 e. The minimum absolute atomic E-state index is 0.336. The lowest BCUT2D eigenvalue weighted by Crippen LogP contribution is -2.30. The molecule has 1 fully saturated rings. The Kier molecular flexibility index (Phi) is 3.76. The van der Waals surface area contributed by atoms with Crippen LogP contribution in [0, 0.1) is 5.41 Å². The summed E-state index contributed by atoms with van der Waals surface area (Å²) in [5.74, 6) is 0.404. The van der Waals surface area contributed by atoms with E-state index < -0.39 is 6.55 Å². The number of rotatable bonds is 5. The predicted molar refractivity (Wildman–Crippen MR) is 61.8 cm³/mol. The first-order chi connectivity index (χ1) is 8.11. The maximum Gasteiger partial charge on any atom is 0.319 e. The van der Waals surface area contributed by atoms with Crippen molar-refractivity contribution in [3.8, 4) is 0 Å². The van der Waals surface area contributed by atoms with E-state index in [-0.39, 0.29) is 0 Å². The Morgan fingerprint density at radius 1 is 1.47 bits per heavy atom. The van der Waals surface area contributed by atoms with Gasteiger partial charge in [-0.15, -0.1) is 0 Å². The number of nitrogens with one attached hydrogen (secondary N) is 1. The molecule has 0 aliphatic heterocycles. The lowest BCUT2D eigenvalue weighted by atomic mass is 9.89. The summed E-state index contributed by atoms with van der Waals surface area (Å²) >= 11 is 0. The molecule has 0 spiro atoms. The summed E-state index contributed by atoms with van der Waals surface area (Å²) in [5.41, 5.74) is 0.336. The first-order valence-electron chi connectivity index (χ1n) is 6.11. The number of aromatic nitrogens is 2. The lowest BCUT2D eigenvalue weighted by Gasteiger charge is -2.23. The van der Waals surface area contributed by atoms with Gasteiger partial charge in [-0.05, 0) is 18.3 Å². The van der Waals surface area contributed by atoms with E-state index in [1.54, 1.807) is 0 Å². The van der Waals surface area contributed by atoms with Gasteiger partial charge in [0.25, 0.3) is 0 Å². The van der Waals surface area contributed by atoms with E-state index in [9.17, 15) is 8.78 Å². The molecule has 1 aliphatic rings. The molecule has 1 aliphatic carbocycles. The molecule has 0 unspecified atom stereocenters. The smallest absolute Gasteiger partial charge is 0.309 e. The maximum absolute atomic E-state index is 12.6. The Hall–Kier alpha value is -0.970. The van der Waals surface area contributed by atoms with Crippen LogP contribution in [-0.4, -0.2) is 16.1 Å². The Morgan fingerprint density at radius 3 is 2.82 bits per heavy atom. The second-order valence-electron chi connectivity index (χ2n) is 5.15. The molecule has 96 valence electrons. The summed E-state index contributed by atoms with van der Waals surface area (Å²) in [4.78, 5) is 3.94. The number of halogens is 2. The number of nitrogens with zero attached hydrogens (tertiary/aromatic N) is 2. The predicted octanol–water partition coefficient (Wildman–Crippen LogP) is 2.95. The van der Waals surface area contributed by atoms with E-state index in [2.05, 4.69) is 17.2 Å². The molecule has 1 aromatic heterocycles. The summed E-state index contributed by atoms with van der Waals surface area (Å²) in [7, 11) is 0. The summed E-state index contributed by atoms with van der Waals surface area (Å²) in [6.45, 7) is 1.04. The fourth-order valence-electron chi connectivity index (χ4n) is 2.54. The highest BCUT2D eigenvalue weighted by atomic mass is 19.3. The minimum Gasteiger partial charge on any atom is -0.309 e. The monoisotopic (exact) mass is 243 g/mol. The number of hydrogen-bond donors (Lipinski definition) is 1. The molecule has 0 amide bonds. The highest BCUT2D eigenvalue weighted by Gasteiger charge is 2.28. The van der Waals surface area contributed by atoms with Crippen LogP contribution < -0.4 is 5.32 Å². The molecule has 2 rings (SSSR count). The van der Waals surface area contributed by atoms with Crippen molar-refractivity contribution in [1.82, 2.24) is 14.9 Å². The topological polar surface area (TPSA) is 29.9 Å². The average molecular weight is 243 g/mol. The van der Waals surface area contributed by atoms with Gasteiger partial charge in [-0.25, -0.2) is 4.98 Å². The third kappa shape index (κ3) is 3.03. The van der Waals surface area contributed by atoms with E-state index in [1.165, 1.54) is 38.1 Å². The molecular formula is C12H19F2N3. The summed E-state index contributed by atoms with van der Waals surface area (Å²) in [5, 5.41) is 3.25. The molecule has 3 nitrogen and oxygen atoms in total. The van der Waals surface area contributed by atoms with Crippen LogP contribution in [0.3, 0.4) is 0 Å². The number of alkyl halides is 2. The summed E-state index contributed by atoms with van der Waals surface area (Å²) in [6.07, 6.45) is 7.75. The van der Waals surface area contributed by atoms with Crippen molar-refractivity contribution in [2.24, 2.45) is 5.41 Å². The second-order valence-corrected chi connectivity index (χ2v) is 5.15. The van der Waals surface area contributed by atoms with Crippen molar-refractivity contribution in [1.29, 1.82) is 0 Å². The zero-order valence-corrected chi connectivity index (χ0v) is 10.1. The molecule has 1 heterocycles. The molecule has 1 saturated carbocycles. The van der Waals surface area contributed by atoms with Crippen LogP contribution in [-0.2, 0) is 6.54 Å². The fraction of sp³-hybridized carbons (Fsp3) is 0.750. The Balaban J connectivity index is 1.83. The van der Waals surface area contributed by atoms with E-state index in [0.717, 1.165) is 11.1 Å². The van der Waals surface area contributed by atoms with Gasteiger partial charge in [0.1, 0.15) is 5.82 Å². The van der Waals surface area contributed by atoms with Crippen LogP contribution >= 0.6 is 0 Å². The molecule has 0 atom stereocenters. The van der Waals surface area contributed by atoms with Gasteiger partial charge in [0, 0.05) is 18.9 Å². The first-order valence-corrected chi connectivity index (χ1v) is 6.11. The van der Waals surface area contributed by atoms with Gasteiger partial charge in [0.2, 0.25) is 0 Å². The Bertz CT molecular complexity index is 356. The van der Waals surface area contributed by atoms with E-state index in [4.69, 9.17) is 0 Å². The van der Waals surface area contributed by atoms with Crippen LogP contribution in [0.1, 0.15) is 45.0 Å². The molecule has 0 bridgehead atoms. The Labute approximate surface area is 100 Å². The second kappa shape index (κ2) is 5.12. The van der Waals surface area contributed by atoms with Gasteiger partial charge in [-0.3, -0.25) is 4.57 Å². The summed E-state index contributed by atoms with van der Waals surface area (Å²) < 4.78 is 26.0. The molecule has 0 aromatic carbocycles. The maximum atomic E-state index is 12.6. The van der Waals surface area contributed by atoms with E-state index >= 15 is 0 Å². The molecular weight excluding hydrogens is 224 g/mol. The van der Waals surface area contributed by atoms with Gasteiger partial charge < -0.3 is 5.32 Å². The third-order valence-corrected chi connectivity index (χ3v) is 3.60. The molecule has 0 radical (unpaired) electrons. The van der Waals surface area contributed by atoms with Gasteiger partial charge in [0.05, 0.1) is 6.54 Å². The highest BCUT2D eigenvalue weighted by Crippen LogP contribution is 2.36. The first kappa shape index (κ1) is 12.5. The molecule has 1 N–H and O–H groups in total. The van der Waals surface area contributed by atoms with Crippen molar-refractivity contribution >= 4 is 0 Å². The van der Waals surface area contributed by atoms with Crippen LogP contribution in [0.5, 0.6) is 0 Å². The minimum atomic E-state index is -2.50. The van der Waals surface area contributed by atoms with Gasteiger partial charge >= 0.3 is 6.55 Å². The Morgan fingerprint density at radius 2 is 2.18 bits per heavy atom. The van der Waals surface area contributed by atoms with Crippen LogP contribution in [0.2, 0.25) is 0 Å². The highest BCUT2D eigenvalue weighted by molar-refractivity contribution is 4.93. The molecule has 5 heteroatoms. The fourth-order valence-corrected chi connectivity index (χ4v) is 2.54. The molecule has 1 aromatic rings. The van der Waals surface area contributed by atoms with E-state index in [0.29, 0.717) is 17.8 Å². The summed E-state index contributed by atoms with van der Waals surface area (Å²) in [6, 6.07) is 0. The lowest BCUT2D eigenvalue weighted by molar-refractivity contribution is 0.0665. The zero-order valence-electron chi connectivity index (χ0n) is 10.1. The van der Waals surface area contributed by atoms with Gasteiger partial charge in [-0.2, -0.15) is 8.78 Å². The SMILES string of the molecule is CC1(CNCc2nccn2C(F)F)CCCC1. The van der Waals surface area contributed by atoms with Crippen LogP contribution in [0.25, 0.3) is 0 Å². The van der Waals surface area contributed by atoms with Crippen molar-refractivity contribution in [3.63, 3.8) is 0 Å². The van der Waals surface area contributed by atoms with Crippen LogP contribution in [0.15, 0.2) is 12.4 Å². The number of imidazole rings is 1. The van der Waals surface area contributed by atoms with Crippen molar-refractivity contribution in [2.75, 3.05) is 6.54 Å². The number of hydrogen-bond acceptors (Lipinski definition) is 2. The molecule has 17 heavy (non-hydrogen) atoms. The van der Waals surface area contributed by atoms with Crippen molar-refractivity contribution < 1.29 is 8.78 Å². The van der Waals surface area contributed by atoms with Crippen molar-refractivity contribution in [2.45, 2.75) is 45.7 Å².